The van der Waals surface area contributed by atoms with Gasteiger partial charge in [-0.15, -0.1) is 0 Å². The molecule has 5 rings (SSSR count). The maximum atomic E-state index is 12.1. The van der Waals surface area contributed by atoms with Gasteiger partial charge in [0.2, 0.25) is 0 Å². The molecule has 4 heterocycles. The first kappa shape index (κ1) is 23.1. The molecule has 1 aliphatic heterocycles. The van der Waals surface area contributed by atoms with Gasteiger partial charge in [-0.3, -0.25) is 9.78 Å². The summed E-state index contributed by atoms with van der Waals surface area (Å²) in [6.45, 7) is 8.26. The van der Waals surface area contributed by atoms with E-state index in [1.165, 1.54) is 5.56 Å². The average molecular weight is 478 g/mol. The highest BCUT2D eigenvalue weighted by Crippen LogP contribution is 2.28. The summed E-state index contributed by atoms with van der Waals surface area (Å²) in [7, 11) is 0. The molecule has 8 nitrogen and oxygen atoms in total. The van der Waals surface area contributed by atoms with Crippen LogP contribution in [-0.2, 0) is 11.3 Å². The standard InChI is InChI=1S/C27H29N5O3.3H2/c1-17(2)32-15-21(8-9-26(32)33)24-14-28-18(3)27(30-24)25-12-23(31-35-25)20-6-4-19(5-7-20)13-29-22-10-11-34-16-22;;;/h4-9,12,14-15,17,22,29H,10-11,13,16H2,1-3H3;3*1H/t22-;;;/m0.../s1. The van der Waals surface area contributed by atoms with Gasteiger partial charge in [-0.25, -0.2) is 4.98 Å². The van der Waals surface area contributed by atoms with E-state index in [9.17, 15) is 4.79 Å². The lowest BCUT2D eigenvalue weighted by Gasteiger charge is -2.11. The second-order valence-corrected chi connectivity index (χ2v) is 9.16. The Morgan fingerprint density at radius 3 is 2.69 bits per heavy atom. The summed E-state index contributed by atoms with van der Waals surface area (Å²) >= 11 is 0. The van der Waals surface area contributed by atoms with Crippen molar-refractivity contribution in [2.45, 2.75) is 45.8 Å². The summed E-state index contributed by atoms with van der Waals surface area (Å²) in [6, 6.07) is 14.0. The molecule has 0 aliphatic carbocycles. The molecule has 1 atom stereocenters. The van der Waals surface area contributed by atoms with Gasteiger partial charge in [0, 0.05) is 59.0 Å². The first-order valence-electron chi connectivity index (χ1n) is 11.9. The minimum atomic E-state index is -0.0433. The lowest BCUT2D eigenvalue weighted by atomic mass is 10.1. The molecule has 1 fully saturated rings. The third kappa shape index (κ3) is 5.08. The predicted octanol–water partition coefficient (Wildman–Crippen LogP) is 5.13. The molecule has 3 aromatic heterocycles. The van der Waals surface area contributed by atoms with E-state index in [4.69, 9.17) is 14.2 Å². The number of nitrogens with one attached hydrogen (secondary N) is 1. The Hall–Kier alpha value is -3.62. The minimum absolute atomic E-state index is 0. The molecule has 0 amide bonds. The maximum Gasteiger partial charge on any atom is 0.250 e. The molecule has 1 aliphatic rings. The Kier molecular flexibility index (Phi) is 6.57. The van der Waals surface area contributed by atoms with Crippen LogP contribution in [-0.4, -0.2) is 38.9 Å². The number of hydrogen-bond acceptors (Lipinski definition) is 7. The van der Waals surface area contributed by atoms with E-state index in [0.717, 1.165) is 48.7 Å². The van der Waals surface area contributed by atoms with E-state index in [1.54, 1.807) is 22.9 Å². The van der Waals surface area contributed by atoms with Crippen LogP contribution in [0.5, 0.6) is 0 Å². The zero-order chi connectivity index (χ0) is 24.4. The molecule has 0 saturated carbocycles. The molecule has 0 bridgehead atoms. The lowest BCUT2D eigenvalue weighted by Crippen LogP contribution is -2.28. The second-order valence-electron chi connectivity index (χ2n) is 9.16. The number of aromatic nitrogens is 4. The summed E-state index contributed by atoms with van der Waals surface area (Å²) in [4.78, 5) is 21.5. The van der Waals surface area contributed by atoms with Crippen molar-refractivity contribution in [3.63, 3.8) is 0 Å². The summed E-state index contributed by atoms with van der Waals surface area (Å²) in [5.74, 6) is 0.552. The zero-order valence-electron chi connectivity index (χ0n) is 20.2. The van der Waals surface area contributed by atoms with E-state index >= 15 is 0 Å². The van der Waals surface area contributed by atoms with Crippen LogP contribution in [0.2, 0.25) is 0 Å². The van der Waals surface area contributed by atoms with E-state index < -0.39 is 0 Å². The Labute approximate surface area is 208 Å². The topological polar surface area (TPSA) is 95.1 Å². The van der Waals surface area contributed by atoms with Gasteiger partial charge < -0.3 is 19.1 Å². The van der Waals surface area contributed by atoms with Crippen LogP contribution in [0.4, 0.5) is 0 Å². The SMILES string of the molecule is Cc1ncc(-c2ccc(=O)n(C(C)C)c2)nc1-c1cc(-c2ccc(CN[C@H]3CCOC3)cc2)no1.[HH].[HH].[HH]. The quantitative estimate of drug-likeness (QED) is 0.394. The summed E-state index contributed by atoms with van der Waals surface area (Å²) < 4.78 is 12.8. The molecule has 0 spiro atoms. The first-order valence-corrected chi connectivity index (χ1v) is 11.9. The van der Waals surface area contributed by atoms with Crippen molar-refractivity contribution in [2.75, 3.05) is 13.2 Å². The third-order valence-corrected chi connectivity index (χ3v) is 6.26. The lowest BCUT2D eigenvalue weighted by molar-refractivity contribution is 0.190. The van der Waals surface area contributed by atoms with Crippen molar-refractivity contribution < 1.29 is 13.5 Å². The normalized spacial score (nSPS) is 15.7. The molecule has 1 aromatic carbocycles. The Bertz CT molecular complexity index is 1380. The molecular weight excluding hydrogens is 442 g/mol. The Morgan fingerprint density at radius 2 is 1.94 bits per heavy atom. The monoisotopic (exact) mass is 477 g/mol. The van der Waals surface area contributed by atoms with E-state index in [-0.39, 0.29) is 15.9 Å². The summed E-state index contributed by atoms with van der Waals surface area (Å²) in [5, 5.41) is 7.80. The van der Waals surface area contributed by atoms with Crippen molar-refractivity contribution in [1.29, 1.82) is 0 Å². The van der Waals surface area contributed by atoms with Crippen molar-refractivity contribution in [3.8, 4) is 34.0 Å². The van der Waals surface area contributed by atoms with Crippen molar-refractivity contribution in [2.24, 2.45) is 0 Å². The molecule has 0 unspecified atom stereocenters. The molecule has 8 heteroatoms. The Morgan fingerprint density at radius 1 is 1.14 bits per heavy atom. The number of hydrogen-bond donors (Lipinski definition) is 1. The largest absolute Gasteiger partial charge is 0.380 e. The fourth-order valence-corrected chi connectivity index (χ4v) is 4.15. The van der Waals surface area contributed by atoms with E-state index in [2.05, 4.69) is 27.6 Å². The van der Waals surface area contributed by atoms with E-state index in [1.807, 2.05) is 45.2 Å². The number of ether oxygens (including phenoxy) is 1. The molecule has 1 N–H and O–H groups in total. The van der Waals surface area contributed by atoms with Crippen LogP contribution in [0.1, 0.15) is 41.8 Å². The van der Waals surface area contributed by atoms with Crippen LogP contribution in [0.15, 0.2) is 64.2 Å². The van der Waals surface area contributed by atoms with Crippen molar-refractivity contribution >= 4 is 0 Å². The number of pyridine rings is 1. The molecule has 1 saturated heterocycles. The fourth-order valence-electron chi connectivity index (χ4n) is 4.15. The van der Waals surface area contributed by atoms with Gasteiger partial charge in [-0.1, -0.05) is 29.4 Å². The minimum Gasteiger partial charge on any atom is -0.380 e. The van der Waals surface area contributed by atoms with Gasteiger partial charge in [-0.05, 0) is 38.8 Å². The molecule has 35 heavy (non-hydrogen) atoms. The van der Waals surface area contributed by atoms with Gasteiger partial charge in [0.1, 0.15) is 11.4 Å². The highest BCUT2D eigenvalue weighted by atomic mass is 16.5. The van der Waals surface area contributed by atoms with Crippen molar-refractivity contribution in [3.05, 3.63) is 76.5 Å². The zero-order valence-corrected chi connectivity index (χ0v) is 20.2. The fraction of sp³-hybridized carbons (Fsp3) is 0.333. The van der Waals surface area contributed by atoms with Crippen LogP contribution in [0.3, 0.4) is 0 Å². The summed E-state index contributed by atoms with van der Waals surface area (Å²) in [5.41, 5.74) is 5.74. The number of benzene rings is 1. The molecule has 186 valence electrons. The van der Waals surface area contributed by atoms with Gasteiger partial charge in [0.15, 0.2) is 5.76 Å². The van der Waals surface area contributed by atoms with Gasteiger partial charge in [-0.2, -0.15) is 0 Å². The van der Waals surface area contributed by atoms with Gasteiger partial charge in [0.25, 0.3) is 5.56 Å². The van der Waals surface area contributed by atoms with E-state index in [0.29, 0.717) is 23.2 Å². The number of aryl methyl sites for hydroxylation is 1. The second kappa shape index (κ2) is 9.93. The summed E-state index contributed by atoms with van der Waals surface area (Å²) in [6.07, 6.45) is 4.59. The predicted molar refractivity (Wildman–Crippen MR) is 140 cm³/mol. The molecular formula is C27H35N5O3. The van der Waals surface area contributed by atoms with Crippen molar-refractivity contribution in [1.82, 2.24) is 25.0 Å². The molecule has 0 radical (unpaired) electrons. The third-order valence-electron chi connectivity index (χ3n) is 6.26. The van der Waals surface area contributed by atoms with Crippen LogP contribution in [0, 0.1) is 6.92 Å². The Balaban J connectivity index is 0.00000169. The number of nitrogens with zero attached hydrogens (tertiary/aromatic N) is 4. The van der Waals surface area contributed by atoms with Gasteiger partial charge in [0.05, 0.1) is 24.2 Å². The highest BCUT2D eigenvalue weighted by molar-refractivity contribution is 5.68. The van der Waals surface area contributed by atoms with Gasteiger partial charge >= 0.3 is 0 Å². The number of rotatable bonds is 7. The highest BCUT2D eigenvalue weighted by Gasteiger charge is 2.16. The average Bonchev–Trinajstić information content (AvgIpc) is 3.56. The van der Waals surface area contributed by atoms with Crippen LogP contribution < -0.4 is 10.9 Å². The van der Waals surface area contributed by atoms with Crippen LogP contribution in [0.25, 0.3) is 34.0 Å². The first-order chi connectivity index (χ1) is 17.0. The maximum absolute atomic E-state index is 12.1. The van der Waals surface area contributed by atoms with Crippen LogP contribution >= 0.6 is 0 Å². The smallest absolute Gasteiger partial charge is 0.250 e. The molecule has 4 aromatic rings.